The van der Waals surface area contributed by atoms with E-state index in [9.17, 15) is 0 Å². The molecule has 0 saturated carbocycles. The molecule has 0 saturated heterocycles. The number of hydrogen-bond acceptors (Lipinski definition) is 4. The molecule has 0 bridgehead atoms. The molecule has 116 valence electrons. The van der Waals surface area contributed by atoms with Crippen LogP contribution in [0.3, 0.4) is 0 Å². The Morgan fingerprint density at radius 3 is 2.45 bits per heavy atom. The molecule has 0 spiro atoms. The maximum atomic E-state index is 4.44. The van der Waals surface area contributed by atoms with Crippen molar-refractivity contribution in [2.75, 3.05) is 20.1 Å². The second kappa shape index (κ2) is 7.74. The van der Waals surface area contributed by atoms with Crippen LogP contribution in [-0.2, 0) is 13.0 Å². The van der Waals surface area contributed by atoms with Crippen LogP contribution in [0.5, 0.6) is 0 Å². The number of hydrogen-bond donors (Lipinski definition) is 1. The van der Waals surface area contributed by atoms with E-state index < -0.39 is 0 Å². The molecule has 1 N–H and O–H groups in total. The fourth-order valence-electron chi connectivity index (χ4n) is 2.99. The SMILES string of the molecule is CCCn1ncnc1CC(NC)C(C)(C)N(CC)CC. The molecule has 5 heteroatoms. The first-order valence-electron chi connectivity index (χ1n) is 7.80. The summed E-state index contributed by atoms with van der Waals surface area (Å²) in [7, 11) is 2.04. The van der Waals surface area contributed by atoms with Gasteiger partial charge in [-0.05, 0) is 40.4 Å². The highest BCUT2D eigenvalue weighted by molar-refractivity contribution is 4.99. The van der Waals surface area contributed by atoms with Gasteiger partial charge in [0.25, 0.3) is 0 Å². The topological polar surface area (TPSA) is 46.0 Å². The standard InChI is InChI=1S/C15H31N5/c1-7-10-20-14(17-12-18-20)11-13(16-6)15(4,5)19(8-2)9-3/h12-13,16H,7-11H2,1-6H3. The van der Waals surface area contributed by atoms with Crippen molar-refractivity contribution in [3.8, 4) is 0 Å². The minimum atomic E-state index is 0.0846. The predicted molar refractivity (Wildman–Crippen MR) is 83.9 cm³/mol. The fourth-order valence-corrected chi connectivity index (χ4v) is 2.99. The molecular formula is C15H31N5. The molecule has 1 aromatic rings. The van der Waals surface area contributed by atoms with Crippen LogP contribution in [0, 0.1) is 0 Å². The average Bonchev–Trinajstić information content (AvgIpc) is 2.84. The van der Waals surface area contributed by atoms with Gasteiger partial charge in [0.05, 0.1) is 0 Å². The predicted octanol–water partition coefficient (Wildman–Crippen LogP) is 1.94. The lowest BCUT2D eigenvalue weighted by atomic mass is 9.89. The van der Waals surface area contributed by atoms with E-state index in [1.165, 1.54) is 0 Å². The molecule has 20 heavy (non-hydrogen) atoms. The molecule has 0 aliphatic rings. The summed E-state index contributed by atoms with van der Waals surface area (Å²) in [6, 6.07) is 0.349. The third-order valence-corrected chi connectivity index (χ3v) is 4.30. The Kier molecular flexibility index (Phi) is 6.62. The van der Waals surface area contributed by atoms with Crippen LogP contribution in [0.1, 0.15) is 46.9 Å². The molecule has 0 fully saturated rings. The van der Waals surface area contributed by atoms with Gasteiger partial charge in [0, 0.05) is 24.5 Å². The van der Waals surface area contributed by atoms with Crippen LogP contribution in [-0.4, -0.2) is 51.4 Å². The lowest BCUT2D eigenvalue weighted by Gasteiger charge is -2.43. The first-order valence-corrected chi connectivity index (χ1v) is 7.80. The fraction of sp³-hybridized carbons (Fsp3) is 0.867. The summed E-state index contributed by atoms with van der Waals surface area (Å²) in [5.41, 5.74) is 0.0846. The monoisotopic (exact) mass is 281 g/mol. The summed E-state index contributed by atoms with van der Waals surface area (Å²) in [5, 5.41) is 7.80. The van der Waals surface area contributed by atoms with E-state index in [1.54, 1.807) is 6.33 Å². The number of nitrogens with zero attached hydrogens (tertiary/aromatic N) is 4. The third-order valence-electron chi connectivity index (χ3n) is 4.30. The van der Waals surface area contributed by atoms with Gasteiger partial charge in [0.1, 0.15) is 12.2 Å². The van der Waals surface area contributed by atoms with E-state index in [0.29, 0.717) is 6.04 Å². The Balaban J connectivity index is 2.87. The maximum Gasteiger partial charge on any atom is 0.138 e. The highest BCUT2D eigenvalue weighted by atomic mass is 15.3. The van der Waals surface area contributed by atoms with Crippen molar-refractivity contribution in [3.05, 3.63) is 12.2 Å². The van der Waals surface area contributed by atoms with E-state index >= 15 is 0 Å². The lowest BCUT2D eigenvalue weighted by molar-refractivity contribution is 0.0930. The van der Waals surface area contributed by atoms with Gasteiger partial charge in [-0.2, -0.15) is 5.10 Å². The molecule has 0 aliphatic carbocycles. The first-order chi connectivity index (χ1) is 9.51. The Morgan fingerprint density at radius 1 is 1.30 bits per heavy atom. The molecular weight excluding hydrogens is 250 g/mol. The van der Waals surface area contributed by atoms with E-state index in [0.717, 1.165) is 38.3 Å². The zero-order valence-corrected chi connectivity index (χ0v) is 14.0. The Hall–Kier alpha value is -0.940. The van der Waals surface area contributed by atoms with Crippen LogP contribution in [0.15, 0.2) is 6.33 Å². The zero-order valence-electron chi connectivity index (χ0n) is 14.0. The van der Waals surface area contributed by atoms with Gasteiger partial charge in [-0.25, -0.2) is 4.98 Å². The number of nitrogens with one attached hydrogen (secondary N) is 1. The minimum Gasteiger partial charge on any atom is -0.315 e. The second-order valence-corrected chi connectivity index (χ2v) is 5.77. The molecule has 5 nitrogen and oxygen atoms in total. The minimum absolute atomic E-state index is 0.0846. The summed E-state index contributed by atoms with van der Waals surface area (Å²) >= 11 is 0. The van der Waals surface area contributed by atoms with Crippen molar-refractivity contribution in [3.63, 3.8) is 0 Å². The van der Waals surface area contributed by atoms with Crippen molar-refractivity contribution in [1.82, 2.24) is 25.0 Å². The molecule has 1 rings (SSSR count). The largest absolute Gasteiger partial charge is 0.315 e. The quantitative estimate of drug-likeness (QED) is 0.751. The summed E-state index contributed by atoms with van der Waals surface area (Å²) in [4.78, 5) is 6.94. The van der Waals surface area contributed by atoms with Crippen molar-refractivity contribution in [2.24, 2.45) is 0 Å². The summed E-state index contributed by atoms with van der Waals surface area (Å²) < 4.78 is 2.03. The number of rotatable bonds is 9. The normalized spacial score (nSPS) is 13.9. The zero-order chi connectivity index (χ0) is 15.2. The van der Waals surface area contributed by atoms with Gasteiger partial charge in [-0.1, -0.05) is 20.8 Å². The van der Waals surface area contributed by atoms with Gasteiger partial charge in [-0.3, -0.25) is 9.58 Å². The molecule has 1 heterocycles. The molecule has 1 aromatic heterocycles. The highest BCUT2D eigenvalue weighted by Crippen LogP contribution is 2.21. The molecule has 0 amide bonds. The third kappa shape index (κ3) is 3.79. The maximum absolute atomic E-state index is 4.44. The van der Waals surface area contributed by atoms with E-state index in [4.69, 9.17) is 0 Å². The summed E-state index contributed by atoms with van der Waals surface area (Å²) in [6.07, 6.45) is 3.65. The van der Waals surface area contributed by atoms with Gasteiger partial charge >= 0.3 is 0 Å². The average molecular weight is 281 g/mol. The second-order valence-electron chi connectivity index (χ2n) is 5.77. The Morgan fingerprint density at radius 2 is 1.95 bits per heavy atom. The van der Waals surface area contributed by atoms with Crippen molar-refractivity contribution >= 4 is 0 Å². The van der Waals surface area contributed by atoms with Crippen molar-refractivity contribution in [1.29, 1.82) is 0 Å². The molecule has 0 radical (unpaired) electrons. The molecule has 1 atom stereocenters. The van der Waals surface area contributed by atoms with Gasteiger partial charge in [0.2, 0.25) is 0 Å². The van der Waals surface area contributed by atoms with Crippen LogP contribution in [0.25, 0.3) is 0 Å². The molecule has 0 aromatic carbocycles. The Bertz CT molecular complexity index is 381. The van der Waals surface area contributed by atoms with Crippen LogP contribution >= 0.6 is 0 Å². The number of aryl methyl sites for hydroxylation is 1. The van der Waals surface area contributed by atoms with Gasteiger partial charge in [0.15, 0.2) is 0 Å². The number of aromatic nitrogens is 3. The van der Waals surface area contributed by atoms with E-state index in [1.807, 2.05) is 11.7 Å². The van der Waals surface area contributed by atoms with Crippen molar-refractivity contribution < 1.29 is 0 Å². The number of likely N-dealkylation sites (N-methyl/N-ethyl adjacent to an activating group) is 2. The van der Waals surface area contributed by atoms with Gasteiger partial charge < -0.3 is 5.32 Å². The van der Waals surface area contributed by atoms with Crippen LogP contribution in [0.4, 0.5) is 0 Å². The summed E-state index contributed by atoms with van der Waals surface area (Å²) in [5.74, 6) is 1.08. The van der Waals surface area contributed by atoms with Crippen LogP contribution < -0.4 is 5.32 Å². The van der Waals surface area contributed by atoms with Gasteiger partial charge in [-0.15, -0.1) is 0 Å². The van der Waals surface area contributed by atoms with E-state index in [2.05, 4.69) is 54.9 Å². The smallest absolute Gasteiger partial charge is 0.138 e. The molecule has 0 aliphatic heterocycles. The first kappa shape index (κ1) is 17.1. The highest BCUT2D eigenvalue weighted by Gasteiger charge is 2.33. The van der Waals surface area contributed by atoms with E-state index in [-0.39, 0.29) is 5.54 Å². The lowest BCUT2D eigenvalue weighted by Crippen LogP contribution is -2.58. The summed E-state index contributed by atoms with van der Waals surface area (Å²) in [6.45, 7) is 14.3. The Labute approximate surface area is 123 Å². The van der Waals surface area contributed by atoms with Crippen molar-refractivity contribution in [2.45, 2.75) is 65.6 Å². The molecule has 1 unspecified atom stereocenters. The van der Waals surface area contributed by atoms with Crippen LogP contribution in [0.2, 0.25) is 0 Å².